The van der Waals surface area contributed by atoms with Gasteiger partial charge in [-0.25, -0.2) is 0 Å². The second kappa shape index (κ2) is 13.2. The van der Waals surface area contributed by atoms with Crippen molar-refractivity contribution in [1.29, 1.82) is 0 Å². The minimum absolute atomic E-state index is 0.0575. The fourth-order valence-corrected chi connectivity index (χ4v) is 4.17. The number of phenolic OH excluding ortho intramolecular Hbond substituents is 2. The number of aromatic hydroxyl groups is 2. The van der Waals surface area contributed by atoms with Gasteiger partial charge in [-0.05, 0) is 24.5 Å². The molecule has 0 spiro atoms. The first kappa shape index (κ1) is 28.4. The van der Waals surface area contributed by atoms with E-state index in [0.717, 1.165) is 32.8 Å². The summed E-state index contributed by atoms with van der Waals surface area (Å²) in [5.74, 6) is -1.66. The lowest BCUT2D eigenvalue weighted by Crippen LogP contribution is -2.23. The van der Waals surface area contributed by atoms with E-state index in [-0.39, 0.29) is 49.5 Å². The van der Waals surface area contributed by atoms with E-state index >= 15 is 0 Å². The Labute approximate surface area is 203 Å². The first-order valence-electron chi connectivity index (χ1n) is 10.4. The van der Waals surface area contributed by atoms with Crippen LogP contribution >= 0.6 is 23.2 Å². The molecule has 1 aliphatic rings. The summed E-state index contributed by atoms with van der Waals surface area (Å²) in [7, 11) is 1.00. The van der Waals surface area contributed by atoms with E-state index in [4.69, 9.17) is 33.1 Å². The Morgan fingerprint density at radius 3 is 1.94 bits per heavy atom. The highest BCUT2D eigenvalue weighted by molar-refractivity contribution is 6.44. The summed E-state index contributed by atoms with van der Waals surface area (Å²) in [6.07, 6.45) is 4.20. The minimum atomic E-state index is -0.643. The molecule has 7 nitrogen and oxygen atoms in total. The molecular formula is C24H29Cl2NO6. The number of carbonyl (C=O) groups excluding carboxylic acids is 3. The van der Waals surface area contributed by atoms with Crippen molar-refractivity contribution in [1.82, 2.24) is 0 Å². The largest absolute Gasteiger partial charge is 0.507 e. The number of hydrogen-bond donors (Lipinski definition) is 4. The predicted octanol–water partition coefficient (Wildman–Crippen LogP) is 5.23. The quantitative estimate of drug-likeness (QED) is 0.260. The molecule has 0 aliphatic heterocycles. The molecule has 0 heterocycles. The lowest BCUT2D eigenvalue weighted by atomic mass is 9.82. The van der Waals surface area contributed by atoms with Crippen molar-refractivity contribution in [3.05, 3.63) is 50.5 Å². The Balaban J connectivity index is 0.00000129. The number of halogens is 2. The number of aliphatic hydroxyl groups is 1. The van der Waals surface area contributed by atoms with Crippen molar-refractivity contribution in [2.24, 2.45) is 5.92 Å². The molecule has 3 rings (SSSR count). The van der Waals surface area contributed by atoms with Crippen LogP contribution in [-0.2, 0) is 4.79 Å². The molecule has 9 heteroatoms. The molecule has 180 valence electrons. The molecule has 2 aromatic carbocycles. The van der Waals surface area contributed by atoms with Crippen LogP contribution in [-0.4, -0.2) is 47.3 Å². The van der Waals surface area contributed by atoms with Gasteiger partial charge in [0, 0.05) is 19.7 Å². The Morgan fingerprint density at radius 2 is 1.45 bits per heavy atom. The van der Waals surface area contributed by atoms with E-state index in [1.807, 2.05) is 6.79 Å². The molecule has 0 aromatic heterocycles. The SMILES string of the molecule is C=O.CCCCC(CC)CNc1cc(O)c2c(c1O)C(=O)c1c(Cl)ccc(Cl)c1C2=O.CO. The average Bonchev–Trinajstić information content (AvgIpc) is 2.83. The van der Waals surface area contributed by atoms with E-state index in [2.05, 4.69) is 19.2 Å². The van der Waals surface area contributed by atoms with E-state index in [1.165, 1.54) is 18.2 Å². The van der Waals surface area contributed by atoms with Crippen LogP contribution in [0.1, 0.15) is 71.4 Å². The van der Waals surface area contributed by atoms with Crippen LogP contribution in [0.25, 0.3) is 0 Å². The van der Waals surface area contributed by atoms with Gasteiger partial charge in [0.05, 0.1) is 38.0 Å². The summed E-state index contributed by atoms with van der Waals surface area (Å²) in [6.45, 7) is 6.80. The molecule has 1 atom stereocenters. The predicted molar refractivity (Wildman–Crippen MR) is 130 cm³/mol. The Bertz CT molecular complexity index is 1010. The number of carbonyl (C=O) groups is 3. The van der Waals surface area contributed by atoms with Crippen molar-refractivity contribution in [3.8, 4) is 11.5 Å². The van der Waals surface area contributed by atoms with Crippen molar-refractivity contribution in [2.45, 2.75) is 39.5 Å². The molecule has 0 fully saturated rings. The number of rotatable bonds is 7. The standard InChI is InChI=1S/C22H23Cl2NO4.CH4O.CH2O/c1-3-5-6-11(4-2)10-25-14-9-15(26)18-19(20(14)27)22(29)17-13(24)8-7-12(23)16(17)21(18)28;2*1-2/h7-9,11,25-27H,3-6,10H2,1-2H3;2H,1H3;1H2. The number of nitrogens with one attached hydrogen (secondary N) is 1. The maximum atomic E-state index is 13.1. The minimum Gasteiger partial charge on any atom is -0.507 e. The molecule has 0 amide bonds. The summed E-state index contributed by atoms with van der Waals surface area (Å²) in [6, 6.07) is 4.12. The number of aliphatic hydroxyl groups excluding tert-OH is 1. The number of fused-ring (bicyclic) bond motifs is 2. The summed E-state index contributed by atoms with van der Waals surface area (Å²) >= 11 is 12.3. The number of anilines is 1. The second-order valence-electron chi connectivity index (χ2n) is 7.28. The van der Waals surface area contributed by atoms with Crippen LogP contribution in [0.3, 0.4) is 0 Å². The number of benzene rings is 2. The topological polar surface area (TPSA) is 124 Å². The van der Waals surface area contributed by atoms with Crippen LogP contribution in [0.15, 0.2) is 18.2 Å². The van der Waals surface area contributed by atoms with Gasteiger partial charge in [0.25, 0.3) is 0 Å². The molecule has 0 bridgehead atoms. The van der Waals surface area contributed by atoms with Crippen molar-refractivity contribution >= 4 is 47.2 Å². The lowest BCUT2D eigenvalue weighted by Gasteiger charge is -2.23. The molecular weight excluding hydrogens is 469 g/mol. The third kappa shape index (κ3) is 5.85. The molecule has 0 saturated carbocycles. The number of hydrogen-bond acceptors (Lipinski definition) is 7. The molecule has 1 unspecified atom stereocenters. The Hall–Kier alpha value is -2.61. The molecule has 0 saturated heterocycles. The maximum Gasteiger partial charge on any atom is 0.200 e. The summed E-state index contributed by atoms with van der Waals surface area (Å²) in [4.78, 5) is 34.0. The first-order valence-corrected chi connectivity index (χ1v) is 11.2. The molecule has 0 radical (unpaired) electrons. The third-order valence-corrected chi connectivity index (χ3v) is 6.05. The molecule has 4 N–H and O–H groups in total. The zero-order valence-electron chi connectivity index (χ0n) is 18.9. The lowest BCUT2D eigenvalue weighted by molar-refractivity contribution is -0.0980. The maximum absolute atomic E-state index is 13.1. The number of unbranched alkanes of at least 4 members (excludes halogenated alkanes) is 1. The van der Waals surface area contributed by atoms with E-state index < -0.39 is 11.6 Å². The van der Waals surface area contributed by atoms with Gasteiger partial charge in [-0.3, -0.25) is 9.59 Å². The van der Waals surface area contributed by atoms with Gasteiger partial charge in [0.15, 0.2) is 17.3 Å². The summed E-state index contributed by atoms with van der Waals surface area (Å²) in [5.41, 5.74) is -0.418. The Kier molecular flexibility index (Phi) is 11.4. The highest BCUT2D eigenvalue weighted by atomic mass is 35.5. The van der Waals surface area contributed by atoms with E-state index in [0.29, 0.717) is 12.5 Å². The van der Waals surface area contributed by atoms with E-state index in [1.54, 1.807) is 0 Å². The van der Waals surface area contributed by atoms with Gasteiger partial charge >= 0.3 is 0 Å². The van der Waals surface area contributed by atoms with Crippen LogP contribution in [0, 0.1) is 5.92 Å². The summed E-state index contributed by atoms with van der Waals surface area (Å²) < 4.78 is 0. The highest BCUT2D eigenvalue weighted by Crippen LogP contribution is 2.45. The van der Waals surface area contributed by atoms with Crippen LogP contribution < -0.4 is 5.32 Å². The fourth-order valence-electron chi connectivity index (χ4n) is 3.69. The zero-order chi connectivity index (χ0) is 25.3. The van der Waals surface area contributed by atoms with Gasteiger partial charge < -0.3 is 25.4 Å². The number of ketones is 2. The fraction of sp³-hybridized carbons (Fsp3) is 0.375. The van der Waals surface area contributed by atoms with Crippen LogP contribution in [0.2, 0.25) is 10.0 Å². The van der Waals surface area contributed by atoms with Crippen LogP contribution in [0.4, 0.5) is 5.69 Å². The van der Waals surface area contributed by atoms with Crippen molar-refractivity contribution < 1.29 is 29.7 Å². The van der Waals surface area contributed by atoms with Crippen molar-refractivity contribution in [2.75, 3.05) is 19.0 Å². The molecule has 33 heavy (non-hydrogen) atoms. The van der Waals surface area contributed by atoms with Gasteiger partial charge in [0.1, 0.15) is 12.5 Å². The van der Waals surface area contributed by atoms with E-state index in [9.17, 15) is 19.8 Å². The third-order valence-electron chi connectivity index (χ3n) is 5.42. The van der Waals surface area contributed by atoms with Gasteiger partial charge in [0.2, 0.25) is 0 Å². The van der Waals surface area contributed by atoms with Crippen molar-refractivity contribution in [3.63, 3.8) is 0 Å². The van der Waals surface area contributed by atoms with Gasteiger partial charge in [-0.2, -0.15) is 0 Å². The second-order valence-corrected chi connectivity index (χ2v) is 8.09. The van der Waals surface area contributed by atoms with Gasteiger partial charge in [-0.15, -0.1) is 0 Å². The monoisotopic (exact) mass is 497 g/mol. The van der Waals surface area contributed by atoms with Gasteiger partial charge in [-0.1, -0.05) is 56.3 Å². The summed E-state index contributed by atoms with van der Waals surface area (Å²) in [5, 5.41) is 31.5. The smallest absolute Gasteiger partial charge is 0.200 e. The first-order chi connectivity index (χ1) is 15.8. The molecule has 2 aromatic rings. The molecule has 1 aliphatic carbocycles. The Morgan fingerprint density at radius 1 is 0.939 bits per heavy atom. The zero-order valence-corrected chi connectivity index (χ0v) is 20.4. The number of phenols is 2. The highest BCUT2D eigenvalue weighted by Gasteiger charge is 2.38. The average molecular weight is 498 g/mol. The van der Waals surface area contributed by atoms with Crippen LogP contribution in [0.5, 0.6) is 11.5 Å². The normalized spacial score (nSPS) is 12.4.